The van der Waals surface area contributed by atoms with Crippen molar-refractivity contribution in [3.05, 3.63) is 105 Å². The van der Waals surface area contributed by atoms with Crippen molar-refractivity contribution < 1.29 is 22.9 Å². The van der Waals surface area contributed by atoms with E-state index < -0.39 is 33.4 Å². The summed E-state index contributed by atoms with van der Waals surface area (Å²) in [7, 11) is -4.07. The molecule has 1 aliphatic rings. The van der Waals surface area contributed by atoms with Crippen LogP contribution in [0.5, 0.6) is 0 Å². The minimum atomic E-state index is -4.07. The molecule has 0 saturated heterocycles. The van der Waals surface area contributed by atoms with Crippen LogP contribution in [0, 0.1) is 17.0 Å². The minimum Gasteiger partial charge on any atom is -0.352 e. The molecule has 0 bridgehead atoms. The Morgan fingerprint density at radius 3 is 2.27 bits per heavy atom. The number of nitro groups is 1. The summed E-state index contributed by atoms with van der Waals surface area (Å²) in [6.07, 6.45) is 5.97. The van der Waals surface area contributed by atoms with Crippen LogP contribution in [0.3, 0.4) is 0 Å². The van der Waals surface area contributed by atoms with Crippen molar-refractivity contribution in [2.45, 2.75) is 64.1 Å². The fourth-order valence-corrected chi connectivity index (χ4v) is 6.48. The Labute approximate surface area is 263 Å². The number of rotatable bonds is 12. The summed E-state index contributed by atoms with van der Waals surface area (Å²) >= 11 is 6.11. The monoisotopic (exact) mass is 640 g/mol. The Balaban J connectivity index is 1.75. The highest BCUT2D eigenvalue weighted by molar-refractivity contribution is 7.92. The summed E-state index contributed by atoms with van der Waals surface area (Å²) < 4.78 is 27.0. The van der Waals surface area contributed by atoms with Crippen molar-refractivity contribution in [2.24, 2.45) is 0 Å². The largest absolute Gasteiger partial charge is 0.352 e. The van der Waals surface area contributed by atoms with Crippen LogP contribution >= 0.6 is 11.6 Å². The minimum absolute atomic E-state index is 0.0110. The van der Waals surface area contributed by atoms with E-state index in [1.54, 1.807) is 31.2 Å². The van der Waals surface area contributed by atoms with Gasteiger partial charge in [-0.25, -0.2) is 8.42 Å². The van der Waals surface area contributed by atoms with Crippen molar-refractivity contribution in [1.29, 1.82) is 0 Å². The molecule has 4 rings (SSSR count). The molecule has 1 fully saturated rings. The van der Waals surface area contributed by atoms with Gasteiger partial charge in [-0.15, -0.1) is 0 Å². The number of anilines is 1. The first kappa shape index (κ1) is 32.9. The number of benzene rings is 3. The van der Waals surface area contributed by atoms with Gasteiger partial charge in [-0.1, -0.05) is 79.4 Å². The zero-order valence-corrected chi connectivity index (χ0v) is 26.4. The lowest BCUT2D eigenvalue weighted by Gasteiger charge is -2.35. The van der Waals surface area contributed by atoms with E-state index in [0.717, 1.165) is 54.3 Å². The summed E-state index contributed by atoms with van der Waals surface area (Å²) in [4.78, 5) is 40.6. The Hall–Kier alpha value is -3.96. The van der Waals surface area contributed by atoms with E-state index in [4.69, 9.17) is 11.6 Å². The topological polar surface area (TPSA) is 130 Å². The van der Waals surface area contributed by atoms with Crippen LogP contribution in [0.15, 0.2) is 72.8 Å². The first-order chi connectivity index (χ1) is 20.9. The van der Waals surface area contributed by atoms with Crippen LogP contribution in [0.1, 0.15) is 48.8 Å². The van der Waals surface area contributed by atoms with Crippen LogP contribution in [-0.2, 0) is 32.6 Å². The summed E-state index contributed by atoms with van der Waals surface area (Å²) in [6, 6.07) is 19.1. The molecule has 1 N–H and O–H groups in total. The van der Waals surface area contributed by atoms with Crippen LogP contribution in [0.4, 0.5) is 11.4 Å². The Bertz CT molecular complexity index is 1580. The van der Waals surface area contributed by atoms with E-state index >= 15 is 0 Å². The molecule has 2 amide bonds. The maximum absolute atomic E-state index is 14.3. The van der Waals surface area contributed by atoms with Gasteiger partial charge in [0.25, 0.3) is 5.69 Å². The first-order valence-electron chi connectivity index (χ1n) is 14.5. The number of nitro benzene ring substituents is 1. The predicted molar refractivity (Wildman–Crippen MR) is 171 cm³/mol. The van der Waals surface area contributed by atoms with Crippen LogP contribution < -0.4 is 9.62 Å². The standard InChI is InChI=1S/C32H37ClN4O6S/c1-23-13-18-28(37(40)41)20-29(23)36(44(2,42)43)22-31(38)35(21-25-14-16-26(33)17-15-25)30(19-24-9-5-3-6-10-24)32(39)34-27-11-7-4-8-12-27/h3,5-6,9-10,13-18,20,27,30H,4,7-8,11-12,19,21-22H2,1-2H3,(H,34,39)/t30-/m0/s1. The van der Waals surface area contributed by atoms with Crippen molar-refractivity contribution in [2.75, 3.05) is 17.1 Å². The molecule has 234 valence electrons. The first-order valence-corrected chi connectivity index (χ1v) is 16.8. The third-order valence-corrected chi connectivity index (χ3v) is 9.22. The van der Waals surface area contributed by atoms with Gasteiger partial charge < -0.3 is 10.2 Å². The van der Waals surface area contributed by atoms with Gasteiger partial charge in [0.15, 0.2) is 0 Å². The van der Waals surface area contributed by atoms with Gasteiger partial charge >= 0.3 is 0 Å². The number of nitrogens with one attached hydrogen (secondary N) is 1. The molecular formula is C32H37ClN4O6S. The molecular weight excluding hydrogens is 604 g/mol. The van der Waals surface area contributed by atoms with Crippen molar-refractivity contribution >= 4 is 44.8 Å². The number of carbonyl (C=O) groups excluding carboxylic acids is 2. The van der Waals surface area contributed by atoms with E-state index in [0.29, 0.717) is 16.1 Å². The zero-order chi connectivity index (χ0) is 31.9. The second-order valence-electron chi connectivity index (χ2n) is 11.2. The van der Waals surface area contributed by atoms with Crippen molar-refractivity contribution in [1.82, 2.24) is 10.2 Å². The normalized spacial score (nSPS) is 14.4. The summed E-state index contributed by atoms with van der Waals surface area (Å²) in [5, 5.41) is 15.2. The average molecular weight is 641 g/mol. The molecule has 1 atom stereocenters. The van der Waals surface area contributed by atoms with E-state index in [2.05, 4.69) is 5.32 Å². The molecule has 0 unspecified atom stereocenters. The van der Waals surface area contributed by atoms with Crippen LogP contribution in [0.2, 0.25) is 5.02 Å². The van der Waals surface area contributed by atoms with Crippen molar-refractivity contribution in [3.8, 4) is 0 Å². The molecule has 3 aromatic rings. The quantitative estimate of drug-likeness (QED) is 0.208. The summed E-state index contributed by atoms with van der Waals surface area (Å²) in [5.41, 5.74) is 1.68. The molecule has 44 heavy (non-hydrogen) atoms. The van der Waals surface area contributed by atoms with Gasteiger partial charge in [-0.05, 0) is 48.6 Å². The number of halogens is 1. The Morgan fingerprint density at radius 2 is 1.66 bits per heavy atom. The van der Waals surface area contributed by atoms with Crippen LogP contribution in [-0.4, -0.2) is 54.9 Å². The van der Waals surface area contributed by atoms with E-state index in [1.807, 2.05) is 30.3 Å². The molecule has 10 nitrogen and oxygen atoms in total. The Morgan fingerprint density at radius 1 is 1.00 bits per heavy atom. The predicted octanol–water partition coefficient (Wildman–Crippen LogP) is 5.41. The number of sulfonamides is 1. The number of amides is 2. The lowest BCUT2D eigenvalue weighted by Crippen LogP contribution is -2.55. The fraction of sp³-hybridized carbons (Fsp3) is 0.375. The third-order valence-electron chi connectivity index (χ3n) is 7.84. The highest BCUT2D eigenvalue weighted by atomic mass is 35.5. The maximum Gasteiger partial charge on any atom is 0.271 e. The van der Waals surface area contributed by atoms with Gasteiger partial charge in [0.1, 0.15) is 12.6 Å². The van der Waals surface area contributed by atoms with Gasteiger partial charge in [0, 0.05) is 36.2 Å². The number of aryl methyl sites for hydroxylation is 1. The highest BCUT2D eigenvalue weighted by Gasteiger charge is 2.34. The second-order valence-corrected chi connectivity index (χ2v) is 13.5. The molecule has 3 aromatic carbocycles. The van der Waals surface area contributed by atoms with Gasteiger partial charge in [0.2, 0.25) is 21.8 Å². The van der Waals surface area contributed by atoms with Crippen LogP contribution in [0.25, 0.3) is 0 Å². The summed E-state index contributed by atoms with van der Waals surface area (Å²) in [5.74, 6) is -0.948. The zero-order valence-electron chi connectivity index (χ0n) is 24.8. The van der Waals surface area contributed by atoms with Crippen molar-refractivity contribution in [3.63, 3.8) is 0 Å². The second kappa shape index (κ2) is 14.7. The van der Waals surface area contributed by atoms with Gasteiger partial charge in [-0.3, -0.25) is 24.0 Å². The molecule has 0 aliphatic heterocycles. The number of carbonyl (C=O) groups is 2. The van der Waals surface area contributed by atoms with Gasteiger partial charge in [0.05, 0.1) is 16.9 Å². The average Bonchev–Trinajstić information content (AvgIpc) is 2.99. The molecule has 0 radical (unpaired) electrons. The number of nitrogens with zero attached hydrogens (tertiary/aromatic N) is 3. The molecule has 1 saturated carbocycles. The molecule has 0 aromatic heterocycles. The lowest BCUT2D eigenvalue weighted by atomic mass is 9.94. The fourth-order valence-electron chi connectivity index (χ4n) is 5.46. The molecule has 0 heterocycles. The Kier molecular flexibility index (Phi) is 11.0. The SMILES string of the molecule is Cc1ccc([N+](=O)[O-])cc1N(CC(=O)N(Cc1ccc(Cl)cc1)[C@@H](Cc1ccccc1)C(=O)NC1CCCCC1)S(C)(=O)=O. The number of non-ortho nitro benzene ring substituents is 1. The molecule has 12 heteroatoms. The highest BCUT2D eigenvalue weighted by Crippen LogP contribution is 2.28. The number of hydrogen-bond donors (Lipinski definition) is 1. The van der Waals surface area contributed by atoms with E-state index in [-0.39, 0.29) is 36.3 Å². The summed E-state index contributed by atoms with van der Waals surface area (Å²) in [6.45, 7) is 0.969. The third kappa shape index (κ3) is 8.79. The number of hydrogen-bond acceptors (Lipinski definition) is 6. The smallest absolute Gasteiger partial charge is 0.271 e. The maximum atomic E-state index is 14.3. The lowest BCUT2D eigenvalue weighted by molar-refractivity contribution is -0.384. The van der Waals surface area contributed by atoms with Gasteiger partial charge in [-0.2, -0.15) is 0 Å². The molecule has 0 spiro atoms. The molecule has 1 aliphatic carbocycles. The van der Waals surface area contributed by atoms with E-state index in [1.165, 1.54) is 17.0 Å². The van der Waals surface area contributed by atoms with E-state index in [9.17, 15) is 28.1 Å².